The third kappa shape index (κ3) is 2.57. The average molecular weight is 265 g/mol. The lowest BCUT2D eigenvalue weighted by atomic mass is 9.75. The fourth-order valence-electron chi connectivity index (χ4n) is 4.74. The summed E-state index contributed by atoms with van der Waals surface area (Å²) in [6.45, 7) is 3.77. The van der Waals surface area contributed by atoms with Gasteiger partial charge in [-0.25, -0.2) is 0 Å². The summed E-state index contributed by atoms with van der Waals surface area (Å²) in [5.74, 6) is 1.96. The fraction of sp³-hybridized carbons (Fsp3) is 1.00. The summed E-state index contributed by atoms with van der Waals surface area (Å²) >= 11 is 0. The minimum absolute atomic E-state index is 0.475. The van der Waals surface area contributed by atoms with Crippen LogP contribution in [-0.4, -0.2) is 62.2 Å². The third-order valence-corrected chi connectivity index (χ3v) is 6.18. The summed E-state index contributed by atoms with van der Waals surface area (Å²) in [7, 11) is 6.84. The van der Waals surface area contributed by atoms with Gasteiger partial charge < -0.3 is 15.1 Å². The van der Waals surface area contributed by atoms with E-state index < -0.39 is 0 Å². The van der Waals surface area contributed by atoms with Gasteiger partial charge in [-0.05, 0) is 71.6 Å². The van der Waals surface area contributed by atoms with Crippen molar-refractivity contribution in [2.75, 3.05) is 40.8 Å². The van der Waals surface area contributed by atoms with Gasteiger partial charge in [-0.15, -0.1) is 0 Å². The highest BCUT2D eigenvalue weighted by molar-refractivity contribution is 5.00. The van der Waals surface area contributed by atoms with Gasteiger partial charge in [0.2, 0.25) is 0 Å². The van der Waals surface area contributed by atoms with Gasteiger partial charge in [0.25, 0.3) is 0 Å². The molecule has 3 aliphatic rings. The van der Waals surface area contributed by atoms with E-state index in [1.54, 1.807) is 0 Å². The number of hydrogen-bond donors (Lipinski definition) is 1. The molecule has 3 atom stereocenters. The van der Waals surface area contributed by atoms with Crippen LogP contribution in [0.3, 0.4) is 0 Å². The number of fused-ring (bicyclic) bond motifs is 1. The van der Waals surface area contributed by atoms with Gasteiger partial charge >= 0.3 is 0 Å². The smallest absolute Gasteiger partial charge is 0.0330 e. The molecule has 3 nitrogen and oxygen atoms in total. The lowest BCUT2D eigenvalue weighted by molar-refractivity contribution is 0.0248. The predicted octanol–water partition coefficient (Wildman–Crippen LogP) is 1.79. The van der Waals surface area contributed by atoms with Gasteiger partial charge in [-0.2, -0.15) is 0 Å². The van der Waals surface area contributed by atoms with Crippen LogP contribution in [0.4, 0.5) is 0 Å². The lowest BCUT2D eigenvalue weighted by Gasteiger charge is -2.49. The molecule has 3 rings (SSSR count). The molecule has 2 saturated carbocycles. The van der Waals surface area contributed by atoms with Crippen molar-refractivity contribution in [3.8, 4) is 0 Å². The normalized spacial score (nSPS) is 36.8. The number of rotatable bonds is 5. The summed E-state index contributed by atoms with van der Waals surface area (Å²) in [5.41, 5.74) is 0.475. The molecule has 19 heavy (non-hydrogen) atoms. The SMILES string of the molecule is CN(CC1NCC2CCCC21)CC1(N(C)C)CCC1. The molecular formula is C16H31N3. The summed E-state index contributed by atoms with van der Waals surface area (Å²) < 4.78 is 0. The molecule has 3 unspecified atom stereocenters. The van der Waals surface area contributed by atoms with Gasteiger partial charge in [0.15, 0.2) is 0 Å². The molecule has 1 saturated heterocycles. The molecule has 3 fully saturated rings. The molecule has 1 aliphatic heterocycles. The van der Waals surface area contributed by atoms with E-state index in [1.807, 2.05) is 0 Å². The van der Waals surface area contributed by atoms with E-state index in [0.717, 1.165) is 17.9 Å². The third-order valence-electron chi connectivity index (χ3n) is 6.18. The molecule has 0 amide bonds. The highest BCUT2D eigenvalue weighted by atomic mass is 15.2. The minimum Gasteiger partial charge on any atom is -0.312 e. The molecule has 2 aliphatic carbocycles. The van der Waals surface area contributed by atoms with E-state index >= 15 is 0 Å². The Balaban J connectivity index is 1.52. The molecule has 3 heteroatoms. The molecule has 0 aromatic heterocycles. The quantitative estimate of drug-likeness (QED) is 0.817. The van der Waals surface area contributed by atoms with Crippen molar-refractivity contribution in [2.45, 2.75) is 50.1 Å². The standard InChI is InChI=1S/C16H31N3/c1-18(2)16(8-5-9-16)12-19(3)11-15-14-7-4-6-13(14)10-17-15/h13-15,17H,4-12H2,1-3H3. The number of likely N-dealkylation sites (N-methyl/N-ethyl adjacent to an activating group) is 2. The van der Waals surface area contributed by atoms with E-state index in [9.17, 15) is 0 Å². The average Bonchev–Trinajstić information content (AvgIpc) is 2.88. The molecule has 0 radical (unpaired) electrons. The Hall–Kier alpha value is -0.120. The van der Waals surface area contributed by atoms with Crippen LogP contribution in [0.25, 0.3) is 0 Å². The minimum atomic E-state index is 0.475. The van der Waals surface area contributed by atoms with Crippen molar-refractivity contribution in [1.82, 2.24) is 15.1 Å². The first-order chi connectivity index (χ1) is 9.11. The van der Waals surface area contributed by atoms with E-state index in [-0.39, 0.29) is 0 Å². The fourth-order valence-corrected chi connectivity index (χ4v) is 4.74. The summed E-state index contributed by atoms with van der Waals surface area (Å²) in [4.78, 5) is 5.06. The van der Waals surface area contributed by atoms with Crippen LogP contribution in [0.2, 0.25) is 0 Å². The zero-order valence-electron chi connectivity index (χ0n) is 13.0. The van der Waals surface area contributed by atoms with Crippen LogP contribution in [-0.2, 0) is 0 Å². The molecule has 0 aromatic rings. The number of nitrogens with zero attached hydrogens (tertiary/aromatic N) is 2. The molecular weight excluding hydrogens is 234 g/mol. The van der Waals surface area contributed by atoms with Crippen LogP contribution in [0, 0.1) is 11.8 Å². The maximum atomic E-state index is 3.79. The second-order valence-electron chi connectivity index (χ2n) is 7.54. The molecule has 110 valence electrons. The van der Waals surface area contributed by atoms with Crippen LogP contribution >= 0.6 is 0 Å². The molecule has 1 N–H and O–H groups in total. The molecule has 1 heterocycles. The summed E-state index contributed by atoms with van der Waals surface area (Å²) in [6, 6.07) is 0.761. The van der Waals surface area contributed by atoms with Crippen molar-refractivity contribution in [3.63, 3.8) is 0 Å². The van der Waals surface area contributed by atoms with Gasteiger partial charge in [0.05, 0.1) is 0 Å². The Morgan fingerprint density at radius 3 is 2.53 bits per heavy atom. The summed E-state index contributed by atoms with van der Waals surface area (Å²) in [6.07, 6.45) is 8.59. The van der Waals surface area contributed by atoms with Crippen LogP contribution in [0.5, 0.6) is 0 Å². The molecule has 0 aromatic carbocycles. The van der Waals surface area contributed by atoms with Crippen molar-refractivity contribution >= 4 is 0 Å². The predicted molar refractivity (Wildman–Crippen MR) is 80.4 cm³/mol. The molecule has 0 spiro atoms. The Labute approximate surface area is 118 Å². The maximum absolute atomic E-state index is 3.79. The Morgan fingerprint density at radius 1 is 1.11 bits per heavy atom. The first-order valence-corrected chi connectivity index (χ1v) is 8.20. The monoisotopic (exact) mass is 265 g/mol. The van der Waals surface area contributed by atoms with Gasteiger partial charge in [0, 0.05) is 24.7 Å². The summed E-state index contributed by atoms with van der Waals surface area (Å²) in [5, 5.41) is 3.79. The van der Waals surface area contributed by atoms with Crippen molar-refractivity contribution in [1.29, 1.82) is 0 Å². The van der Waals surface area contributed by atoms with E-state index in [4.69, 9.17) is 0 Å². The highest BCUT2D eigenvalue weighted by Crippen LogP contribution is 2.39. The largest absolute Gasteiger partial charge is 0.312 e. The van der Waals surface area contributed by atoms with Crippen molar-refractivity contribution < 1.29 is 0 Å². The first-order valence-electron chi connectivity index (χ1n) is 8.20. The Kier molecular flexibility index (Phi) is 3.89. The van der Waals surface area contributed by atoms with E-state index in [0.29, 0.717) is 5.54 Å². The number of nitrogens with one attached hydrogen (secondary N) is 1. The van der Waals surface area contributed by atoms with E-state index in [2.05, 4.69) is 36.3 Å². The van der Waals surface area contributed by atoms with E-state index in [1.165, 1.54) is 58.2 Å². The van der Waals surface area contributed by atoms with Crippen molar-refractivity contribution in [3.05, 3.63) is 0 Å². The van der Waals surface area contributed by atoms with Gasteiger partial charge in [-0.1, -0.05) is 6.42 Å². The molecule has 0 bridgehead atoms. The zero-order valence-corrected chi connectivity index (χ0v) is 13.0. The van der Waals surface area contributed by atoms with Crippen LogP contribution in [0.1, 0.15) is 38.5 Å². The second kappa shape index (κ2) is 5.34. The second-order valence-corrected chi connectivity index (χ2v) is 7.54. The van der Waals surface area contributed by atoms with Crippen molar-refractivity contribution in [2.24, 2.45) is 11.8 Å². The van der Waals surface area contributed by atoms with Gasteiger partial charge in [-0.3, -0.25) is 0 Å². The Bertz CT molecular complexity index is 311. The van der Waals surface area contributed by atoms with Crippen LogP contribution in [0.15, 0.2) is 0 Å². The highest BCUT2D eigenvalue weighted by Gasteiger charge is 2.42. The maximum Gasteiger partial charge on any atom is 0.0330 e. The van der Waals surface area contributed by atoms with Gasteiger partial charge in [0.1, 0.15) is 0 Å². The lowest BCUT2D eigenvalue weighted by Crippen LogP contribution is -2.57. The Morgan fingerprint density at radius 2 is 1.89 bits per heavy atom. The first kappa shape index (κ1) is 13.8. The zero-order chi connectivity index (χ0) is 13.5. The number of hydrogen-bond acceptors (Lipinski definition) is 3. The topological polar surface area (TPSA) is 18.5 Å². The van der Waals surface area contributed by atoms with Crippen LogP contribution < -0.4 is 5.32 Å².